The third kappa shape index (κ3) is 2.76. The molecule has 0 unspecified atom stereocenters. The van der Waals surface area contributed by atoms with Crippen molar-refractivity contribution in [2.45, 2.75) is 6.92 Å². The molecule has 1 heterocycles. The van der Waals surface area contributed by atoms with E-state index in [0.717, 1.165) is 22.4 Å². The van der Waals surface area contributed by atoms with Gasteiger partial charge in [-0.25, -0.2) is 9.79 Å². The van der Waals surface area contributed by atoms with Gasteiger partial charge in [-0.15, -0.1) is 0 Å². The second-order valence-corrected chi connectivity index (χ2v) is 4.93. The maximum Gasteiger partial charge on any atom is 0.363 e. The lowest BCUT2D eigenvalue weighted by atomic mass is 10.1. The summed E-state index contributed by atoms with van der Waals surface area (Å²) in [5, 5.41) is 0. The number of carbonyl (C=O) groups is 1. The molecule has 4 nitrogen and oxygen atoms in total. The molecule has 0 amide bonds. The van der Waals surface area contributed by atoms with Crippen LogP contribution in [0.1, 0.15) is 16.7 Å². The monoisotopic (exact) mass is 293 g/mol. The Labute approximate surface area is 128 Å². The normalized spacial score (nSPS) is 15.6. The number of nitrogens with zero attached hydrogens (tertiary/aromatic N) is 1. The van der Waals surface area contributed by atoms with Gasteiger partial charge in [0.05, 0.1) is 7.11 Å². The van der Waals surface area contributed by atoms with Crippen LogP contribution in [0, 0.1) is 6.92 Å². The molecule has 1 aliphatic rings. The van der Waals surface area contributed by atoms with Crippen molar-refractivity contribution in [3.05, 3.63) is 70.9 Å². The summed E-state index contributed by atoms with van der Waals surface area (Å²) in [6.45, 7) is 1.95. The molecule has 0 aromatic heterocycles. The largest absolute Gasteiger partial charge is 0.497 e. The number of aryl methyl sites for hydroxylation is 1. The van der Waals surface area contributed by atoms with Gasteiger partial charge in [0.15, 0.2) is 5.70 Å². The topological polar surface area (TPSA) is 47.9 Å². The lowest BCUT2D eigenvalue weighted by Gasteiger charge is -2.02. The molecule has 4 heteroatoms. The van der Waals surface area contributed by atoms with Gasteiger partial charge in [-0.2, -0.15) is 0 Å². The maximum absolute atomic E-state index is 12.0. The zero-order chi connectivity index (χ0) is 15.5. The molecule has 0 saturated carbocycles. The van der Waals surface area contributed by atoms with Crippen LogP contribution >= 0.6 is 0 Å². The van der Waals surface area contributed by atoms with Crippen molar-refractivity contribution in [2.75, 3.05) is 7.11 Å². The van der Waals surface area contributed by atoms with Crippen LogP contribution in [0.2, 0.25) is 0 Å². The Kier molecular flexibility index (Phi) is 3.74. The van der Waals surface area contributed by atoms with E-state index in [2.05, 4.69) is 4.99 Å². The van der Waals surface area contributed by atoms with E-state index in [1.165, 1.54) is 0 Å². The Morgan fingerprint density at radius 3 is 2.73 bits per heavy atom. The average molecular weight is 293 g/mol. The zero-order valence-electron chi connectivity index (χ0n) is 12.4. The van der Waals surface area contributed by atoms with Gasteiger partial charge in [-0.05, 0) is 42.3 Å². The van der Waals surface area contributed by atoms with Crippen LogP contribution in [0.5, 0.6) is 5.75 Å². The fourth-order valence-electron chi connectivity index (χ4n) is 2.23. The highest BCUT2D eigenvalue weighted by molar-refractivity contribution is 6.13. The number of rotatable bonds is 3. The molecule has 110 valence electrons. The number of methoxy groups -OCH3 is 1. The molecular weight excluding hydrogens is 278 g/mol. The molecular formula is C18H15NO3. The van der Waals surface area contributed by atoms with Crippen LogP contribution in [-0.4, -0.2) is 19.0 Å². The molecule has 22 heavy (non-hydrogen) atoms. The molecule has 2 aromatic rings. The van der Waals surface area contributed by atoms with E-state index in [0.29, 0.717) is 5.90 Å². The highest BCUT2D eigenvalue weighted by Gasteiger charge is 2.24. The van der Waals surface area contributed by atoms with Crippen molar-refractivity contribution < 1.29 is 14.3 Å². The van der Waals surface area contributed by atoms with E-state index in [-0.39, 0.29) is 5.70 Å². The molecule has 0 spiro atoms. The first-order chi connectivity index (χ1) is 10.7. The summed E-state index contributed by atoms with van der Waals surface area (Å²) in [5.74, 6) is 0.627. The SMILES string of the molecule is COc1cccc(/C=C2\N=C(c3ccccc3C)OC2=O)c1. The van der Waals surface area contributed by atoms with E-state index in [4.69, 9.17) is 9.47 Å². The fraction of sp³-hybridized carbons (Fsp3) is 0.111. The minimum atomic E-state index is -0.443. The molecule has 0 radical (unpaired) electrons. The molecule has 0 aliphatic carbocycles. The van der Waals surface area contributed by atoms with Gasteiger partial charge in [0, 0.05) is 5.56 Å². The zero-order valence-corrected chi connectivity index (χ0v) is 12.4. The molecule has 2 aromatic carbocycles. The predicted molar refractivity (Wildman–Crippen MR) is 84.8 cm³/mol. The van der Waals surface area contributed by atoms with Crippen LogP contribution < -0.4 is 4.74 Å². The highest BCUT2D eigenvalue weighted by Crippen LogP contribution is 2.22. The van der Waals surface area contributed by atoms with Crippen LogP contribution in [-0.2, 0) is 9.53 Å². The van der Waals surface area contributed by atoms with Gasteiger partial charge >= 0.3 is 5.97 Å². The van der Waals surface area contributed by atoms with Crippen LogP contribution in [0.15, 0.2) is 59.2 Å². The number of cyclic esters (lactones) is 1. The summed E-state index contributed by atoms with van der Waals surface area (Å²) in [4.78, 5) is 16.3. The minimum Gasteiger partial charge on any atom is -0.497 e. The smallest absolute Gasteiger partial charge is 0.363 e. The van der Waals surface area contributed by atoms with Crippen LogP contribution in [0.3, 0.4) is 0 Å². The highest BCUT2D eigenvalue weighted by atomic mass is 16.6. The van der Waals surface area contributed by atoms with Gasteiger partial charge in [-0.3, -0.25) is 0 Å². The first-order valence-electron chi connectivity index (χ1n) is 6.90. The fourth-order valence-corrected chi connectivity index (χ4v) is 2.23. The molecule has 0 fully saturated rings. The van der Waals surface area contributed by atoms with Crippen molar-refractivity contribution in [3.8, 4) is 5.75 Å². The predicted octanol–water partition coefficient (Wildman–Crippen LogP) is 3.35. The van der Waals surface area contributed by atoms with E-state index < -0.39 is 5.97 Å². The second kappa shape index (κ2) is 5.85. The third-order valence-electron chi connectivity index (χ3n) is 3.39. The standard InChI is InChI=1S/C18H15NO3/c1-12-6-3-4-9-15(12)17-19-16(18(20)22-17)11-13-7-5-8-14(10-13)21-2/h3-11H,1-2H3/b16-11-. The van der Waals surface area contributed by atoms with Crippen molar-refractivity contribution >= 4 is 17.9 Å². The van der Waals surface area contributed by atoms with E-state index in [1.807, 2.05) is 55.5 Å². The quantitative estimate of drug-likeness (QED) is 0.644. The average Bonchev–Trinajstić information content (AvgIpc) is 2.89. The van der Waals surface area contributed by atoms with Crippen molar-refractivity contribution in [1.82, 2.24) is 0 Å². The Hall–Kier alpha value is -2.88. The molecule has 1 aliphatic heterocycles. The molecule has 0 bridgehead atoms. The maximum atomic E-state index is 12.0. The summed E-state index contributed by atoms with van der Waals surface area (Å²) >= 11 is 0. The summed E-state index contributed by atoms with van der Waals surface area (Å²) in [7, 11) is 1.60. The number of benzene rings is 2. The Bertz CT molecular complexity index is 790. The van der Waals surface area contributed by atoms with E-state index >= 15 is 0 Å². The second-order valence-electron chi connectivity index (χ2n) is 4.93. The van der Waals surface area contributed by atoms with E-state index in [1.54, 1.807) is 13.2 Å². The minimum absolute atomic E-state index is 0.284. The van der Waals surface area contributed by atoms with Crippen molar-refractivity contribution in [3.63, 3.8) is 0 Å². The van der Waals surface area contributed by atoms with Crippen LogP contribution in [0.4, 0.5) is 0 Å². The number of carbonyl (C=O) groups excluding carboxylic acids is 1. The van der Waals surface area contributed by atoms with Crippen molar-refractivity contribution in [2.24, 2.45) is 4.99 Å². The molecule has 3 rings (SSSR count). The number of esters is 1. The Morgan fingerprint density at radius 2 is 1.95 bits per heavy atom. The van der Waals surface area contributed by atoms with Crippen LogP contribution in [0.25, 0.3) is 6.08 Å². The lowest BCUT2D eigenvalue weighted by Crippen LogP contribution is -2.06. The molecule has 0 atom stereocenters. The lowest BCUT2D eigenvalue weighted by molar-refractivity contribution is -0.129. The Balaban J connectivity index is 1.96. The van der Waals surface area contributed by atoms with E-state index in [9.17, 15) is 4.79 Å². The third-order valence-corrected chi connectivity index (χ3v) is 3.39. The summed E-state index contributed by atoms with van der Waals surface area (Å²) < 4.78 is 10.5. The number of hydrogen-bond acceptors (Lipinski definition) is 4. The van der Waals surface area contributed by atoms with Crippen molar-refractivity contribution in [1.29, 1.82) is 0 Å². The Morgan fingerprint density at radius 1 is 1.14 bits per heavy atom. The van der Waals surface area contributed by atoms with Gasteiger partial charge in [0.2, 0.25) is 5.90 Å². The first-order valence-corrected chi connectivity index (χ1v) is 6.90. The summed E-state index contributed by atoms with van der Waals surface area (Å²) in [5.41, 5.74) is 2.95. The summed E-state index contributed by atoms with van der Waals surface area (Å²) in [6.07, 6.45) is 1.69. The van der Waals surface area contributed by atoms with Gasteiger partial charge in [-0.1, -0.05) is 30.3 Å². The molecule has 0 N–H and O–H groups in total. The number of aliphatic imine (C=N–C) groups is 1. The summed E-state index contributed by atoms with van der Waals surface area (Å²) in [6, 6.07) is 15.1. The van der Waals surface area contributed by atoms with Gasteiger partial charge in [0.25, 0.3) is 0 Å². The number of hydrogen-bond donors (Lipinski definition) is 0. The van der Waals surface area contributed by atoms with Gasteiger partial charge in [0.1, 0.15) is 5.75 Å². The number of ether oxygens (including phenoxy) is 2. The first kappa shape index (κ1) is 14.1. The molecule has 0 saturated heterocycles. The van der Waals surface area contributed by atoms with Gasteiger partial charge < -0.3 is 9.47 Å².